The van der Waals surface area contributed by atoms with Gasteiger partial charge in [-0.3, -0.25) is 19.9 Å². The third kappa shape index (κ3) is 5.62. The number of rotatable bonds is 5. The van der Waals surface area contributed by atoms with E-state index >= 15 is 0 Å². The number of non-ortho nitro benzene ring substituents is 1. The summed E-state index contributed by atoms with van der Waals surface area (Å²) in [6, 6.07) is 13.1. The molecular weight excluding hydrogens is 446 g/mol. The molecule has 0 N–H and O–H groups in total. The lowest BCUT2D eigenvalue weighted by Gasteiger charge is -2.25. The Morgan fingerprint density at radius 1 is 1.14 bits per heavy atom. The van der Waals surface area contributed by atoms with Gasteiger partial charge in [0.2, 0.25) is 0 Å². The Morgan fingerprint density at radius 3 is 2.61 bits per heavy atom. The predicted octanol–water partition coefficient (Wildman–Crippen LogP) is 5.49. The second-order valence-corrected chi connectivity index (χ2v) is 6.84. The van der Waals surface area contributed by atoms with Crippen LogP contribution in [0, 0.1) is 10.1 Å². The summed E-state index contributed by atoms with van der Waals surface area (Å²) in [4.78, 5) is 29.9. The van der Waals surface area contributed by atoms with Gasteiger partial charge in [0.1, 0.15) is 5.84 Å². The number of hydrogen-bond acceptors (Lipinski definition) is 5. The highest BCUT2D eigenvalue weighted by atomic mass is 79.9. The fourth-order valence-electron chi connectivity index (χ4n) is 3.06. The summed E-state index contributed by atoms with van der Waals surface area (Å²) in [5, 5.41) is 11.6. The maximum atomic E-state index is 12.9. The van der Waals surface area contributed by atoms with Gasteiger partial charge in [0.05, 0.1) is 11.5 Å². The number of Topliss-reactive ketones (excluding diaryl/α,β-unsaturated/α-hetero) is 1. The number of nitro benzene ring substituents is 1. The van der Waals surface area contributed by atoms with Crippen molar-refractivity contribution in [3.8, 4) is 0 Å². The lowest BCUT2D eigenvalue weighted by Crippen LogP contribution is -2.36. The molecule has 1 aliphatic heterocycles. The standard InChI is InChI=1S/C20H20ClN3O3.BrH/c21-16-8-10-17(11-9-16)23(20-7-2-1-3-12-22-20)14-19(25)15-5-4-6-18(13-15)24(26)27;/h4-6,8-11,13H,1-3,7,12,14H2;1H. The summed E-state index contributed by atoms with van der Waals surface area (Å²) >= 11 is 6.00. The van der Waals surface area contributed by atoms with Gasteiger partial charge in [-0.25, -0.2) is 0 Å². The molecule has 1 heterocycles. The summed E-state index contributed by atoms with van der Waals surface area (Å²) in [5.74, 6) is 0.675. The molecular formula is C20H21BrClN3O3. The van der Waals surface area contributed by atoms with Crippen molar-refractivity contribution in [2.75, 3.05) is 18.0 Å². The molecule has 0 saturated heterocycles. The third-order valence-electron chi connectivity index (χ3n) is 4.48. The van der Waals surface area contributed by atoms with Gasteiger partial charge in [-0.1, -0.05) is 30.2 Å². The summed E-state index contributed by atoms with van der Waals surface area (Å²) in [5.41, 5.74) is 1.06. The third-order valence-corrected chi connectivity index (χ3v) is 4.74. The van der Waals surface area contributed by atoms with E-state index in [0.29, 0.717) is 10.6 Å². The van der Waals surface area contributed by atoms with Crippen LogP contribution in [0.5, 0.6) is 0 Å². The van der Waals surface area contributed by atoms with Crippen molar-refractivity contribution in [3.05, 3.63) is 69.2 Å². The Labute approximate surface area is 179 Å². The summed E-state index contributed by atoms with van der Waals surface area (Å²) < 4.78 is 0. The Kier molecular flexibility index (Phi) is 8.14. The number of aliphatic imine (C=N–C) groups is 1. The monoisotopic (exact) mass is 465 g/mol. The molecule has 0 fully saturated rings. The van der Waals surface area contributed by atoms with E-state index < -0.39 is 4.92 Å². The maximum absolute atomic E-state index is 12.9. The molecule has 0 amide bonds. The molecule has 0 spiro atoms. The minimum absolute atomic E-state index is 0. The molecule has 0 aliphatic carbocycles. The lowest BCUT2D eigenvalue weighted by molar-refractivity contribution is -0.384. The Balaban J connectivity index is 0.00000280. The van der Waals surface area contributed by atoms with Crippen LogP contribution in [0.3, 0.4) is 0 Å². The summed E-state index contributed by atoms with van der Waals surface area (Å²) in [6.07, 6.45) is 3.97. The van der Waals surface area contributed by atoms with Crippen LogP contribution in [-0.4, -0.2) is 29.6 Å². The minimum Gasteiger partial charge on any atom is -0.322 e. The van der Waals surface area contributed by atoms with Crippen molar-refractivity contribution in [2.24, 2.45) is 4.99 Å². The molecule has 0 bridgehead atoms. The molecule has 3 rings (SSSR count). The van der Waals surface area contributed by atoms with Crippen molar-refractivity contribution in [1.29, 1.82) is 0 Å². The van der Waals surface area contributed by atoms with Gasteiger partial charge >= 0.3 is 0 Å². The first-order valence-corrected chi connectivity index (χ1v) is 9.26. The second kappa shape index (κ2) is 10.3. The van der Waals surface area contributed by atoms with Gasteiger partial charge in [0.25, 0.3) is 5.69 Å². The average Bonchev–Trinajstić information content (AvgIpc) is 2.96. The van der Waals surface area contributed by atoms with Gasteiger partial charge in [-0.2, -0.15) is 0 Å². The zero-order valence-corrected chi connectivity index (χ0v) is 17.7. The largest absolute Gasteiger partial charge is 0.322 e. The molecule has 148 valence electrons. The molecule has 1 aliphatic rings. The smallest absolute Gasteiger partial charge is 0.270 e. The van der Waals surface area contributed by atoms with Crippen LogP contribution in [-0.2, 0) is 0 Å². The number of carbonyl (C=O) groups is 1. The van der Waals surface area contributed by atoms with Crippen molar-refractivity contribution < 1.29 is 9.72 Å². The molecule has 0 saturated carbocycles. The van der Waals surface area contributed by atoms with Gasteiger partial charge in [-0.05, 0) is 37.1 Å². The number of ketones is 1. The SMILES string of the molecule is Br.O=C(CN(C1=NCCCCC1)c1ccc(Cl)cc1)c1cccc([N+](=O)[O-])c1. The minimum atomic E-state index is -0.497. The number of carbonyl (C=O) groups excluding carboxylic acids is 1. The molecule has 2 aromatic rings. The van der Waals surface area contributed by atoms with Crippen LogP contribution in [0.15, 0.2) is 53.5 Å². The van der Waals surface area contributed by atoms with Gasteiger partial charge in [0.15, 0.2) is 5.78 Å². The van der Waals surface area contributed by atoms with Crippen LogP contribution in [0.1, 0.15) is 36.0 Å². The van der Waals surface area contributed by atoms with Crippen LogP contribution in [0.2, 0.25) is 5.02 Å². The van der Waals surface area contributed by atoms with Crippen LogP contribution >= 0.6 is 28.6 Å². The Bertz CT molecular complexity index is 871. The van der Waals surface area contributed by atoms with Crippen molar-refractivity contribution in [3.63, 3.8) is 0 Å². The highest BCUT2D eigenvalue weighted by molar-refractivity contribution is 8.93. The molecule has 0 radical (unpaired) electrons. The molecule has 0 unspecified atom stereocenters. The van der Waals surface area contributed by atoms with Gasteiger partial charge in [0, 0.05) is 41.4 Å². The van der Waals surface area contributed by atoms with Crippen molar-refractivity contribution >= 4 is 51.6 Å². The molecule has 2 aromatic carbocycles. The quantitative estimate of drug-likeness (QED) is 0.332. The molecule has 0 atom stereocenters. The molecule has 6 nitrogen and oxygen atoms in total. The van der Waals surface area contributed by atoms with E-state index in [-0.39, 0.29) is 35.0 Å². The van der Waals surface area contributed by atoms with E-state index in [4.69, 9.17) is 11.6 Å². The topological polar surface area (TPSA) is 75.8 Å². The number of nitro groups is 1. The van der Waals surface area contributed by atoms with E-state index in [2.05, 4.69) is 4.99 Å². The van der Waals surface area contributed by atoms with E-state index in [1.165, 1.54) is 18.2 Å². The van der Waals surface area contributed by atoms with Crippen LogP contribution in [0.4, 0.5) is 11.4 Å². The number of anilines is 1. The molecule has 0 aromatic heterocycles. The number of benzene rings is 2. The van der Waals surface area contributed by atoms with Crippen molar-refractivity contribution in [1.82, 2.24) is 0 Å². The number of nitrogens with zero attached hydrogens (tertiary/aromatic N) is 3. The van der Waals surface area contributed by atoms with E-state index in [1.54, 1.807) is 18.2 Å². The Morgan fingerprint density at radius 2 is 1.89 bits per heavy atom. The average molecular weight is 467 g/mol. The fraction of sp³-hybridized carbons (Fsp3) is 0.300. The lowest BCUT2D eigenvalue weighted by atomic mass is 10.1. The second-order valence-electron chi connectivity index (χ2n) is 6.40. The number of halogens is 2. The molecule has 28 heavy (non-hydrogen) atoms. The highest BCUT2D eigenvalue weighted by Crippen LogP contribution is 2.23. The van der Waals surface area contributed by atoms with Gasteiger partial charge in [-0.15, -0.1) is 17.0 Å². The van der Waals surface area contributed by atoms with E-state index in [1.807, 2.05) is 17.0 Å². The first-order valence-electron chi connectivity index (χ1n) is 8.88. The number of hydrogen-bond donors (Lipinski definition) is 0. The maximum Gasteiger partial charge on any atom is 0.270 e. The van der Waals surface area contributed by atoms with E-state index in [9.17, 15) is 14.9 Å². The fourth-order valence-corrected chi connectivity index (χ4v) is 3.19. The first-order chi connectivity index (χ1) is 13.0. The first kappa shape index (κ1) is 22.0. The van der Waals surface area contributed by atoms with Crippen LogP contribution in [0.25, 0.3) is 0 Å². The predicted molar refractivity (Wildman–Crippen MR) is 117 cm³/mol. The van der Waals surface area contributed by atoms with E-state index in [0.717, 1.165) is 43.8 Å². The zero-order valence-electron chi connectivity index (χ0n) is 15.2. The van der Waals surface area contributed by atoms with Crippen LogP contribution < -0.4 is 4.90 Å². The number of amidine groups is 1. The summed E-state index contributed by atoms with van der Waals surface area (Å²) in [7, 11) is 0. The Hall–Kier alpha value is -2.25. The summed E-state index contributed by atoms with van der Waals surface area (Å²) in [6.45, 7) is 0.812. The van der Waals surface area contributed by atoms with Gasteiger partial charge < -0.3 is 4.90 Å². The highest BCUT2D eigenvalue weighted by Gasteiger charge is 2.20. The zero-order chi connectivity index (χ0) is 19.2. The molecule has 8 heteroatoms. The normalized spacial score (nSPS) is 13.7. The van der Waals surface area contributed by atoms with Crippen molar-refractivity contribution in [2.45, 2.75) is 25.7 Å².